The number of ether oxygens (including phenoxy) is 4. The fourth-order valence-electron chi connectivity index (χ4n) is 3.88. The predicted molar refractivity (Wildman–Crippen MR) is 130 cm³/mol. The molecule has 1 aliphatic rings. The first-order valence-electron chi connectivity index (χ1n) is 11.5. The minimum absolute atomic E-state index is 0.00497. The van der Waals surface area contributed by atoms with E-state index in [1.807, 2.05) is 4.90 Å². The summed E-state index contributed by atoms with van der Waals surface area (Å²) in [7, 11) is 1.32. The SMILES string of the molecule is CCOC(=O)c1c(N)c(C(=O)OC(C)(C)C)c(N2CCOCC2)n1Cc1ccc(C(=O)OC)cc1. The molecule has 3 rings (SSSR count). The van der Waals surface area contributed by atoms with Gasteiger partial charge in [0.15, 0.2) is 5.69 Å². The highest BCUT2D eigenvalue weighted by Gasteiger charge is 2.35. The van der Waals surface area contributed by atoms with Crippen molar-refractivity contribution in [1.82, 2.24) is 4.57 Å². The predicted octanol–water partition coefficient (Wildman–Crippen LogP) is 2.87. The number of benzene rings is 1. The zero-order valence-corrected chi connectivity index (χ0v) is 20.9. The molecule has 0 amide bonds. The summed E-state index contributed by atoms with van der Waals surface area (Å²) in [6.45, 7) is 9.27. The van der Waals surface area contributed by atoms with Gasteiger partial charge in [-0.3, -0.25) is 0 Å². The summed E-state index contributed by atoms with van der Waals surface area (Å²) in [6.07, 6.45) is 0. The third kappa shape index (κ3) is 5.94. The Bertz CT molecular complexity index is 1080. The monoisotopic (exact) mass is 487 g/mol. The van der Waals surface area contributed by atoms with E-state index in [0.29, 0.717) is 37.7 Å². The van der Waals surface area contributed by atoms with Gasteiger partial charge in [-0.15, -0.1) is 0 Å². The highest BCUT2D eigenvalue weighted by atomic mass is 16.6. The third-order valence-electron chi connectivity index (χ3n) is 5.37. The molecule has 0 spiro atoms. The molecule has 10 heteroatoms. The van der Waals surface area contributed by atoms with Gasteiger partial charge < -0.3 is 34.1 Å². The zero-order valence-electron chi connectivity index (χ0n) is 20.9. The largest absolute Gasteiger partial charge is 0.465 e. The average Bonchev–Trinajstić information content (AvgIpc) is 3.10. The lowest BCUT2D eigenvalue weighted by Crippen LogP contribution is -2.39. The molecule has 1 aromatic heterocycles. The molecule has 2 N–H and O–H groups in total. The summed E-state index contributed by atoms with van der Waals surface area (Å²) >= 11 is 0. The van der Waals surface area contributed by atoms with Crippen LogP contribution in [0.2, 0.25) is 0 Å². The van der Waals surface area contributed by atoms with Gasteiger partial charge in [-0.2, -0.15) is 0 Å². The Morgan fingerprint density at radius 2 is 1.66 bits per heavy atom. The lowest BCUT2D eigenvalue weighted by molar-refractivity contribution is 0.00706. The number of hydrogen-bond acceptors (Lipinski definition) is 9. The molecule has 1 saturated heterocycles. The van der Waals surface area contributed by atoms with Gasteiger partial charge in [0.25, 0.3) is 0 Å². The van der Waals surface area contributed by atoms with Crippen molar-refractivity contribution >= 4 is 29.4 Å². The number of anilines is 2. The van der Waals surface area contributed by atoms with Crippen LogP contribution in [0, 0.1) is 0 Å². The van der Waals surface area contributed by atoms with Crippen molar-refractivity contribution in [3.8, 4) is 0 Å². The normalized spacial score (nSPS) is 13.9. The van der Waals surface area contributed by atoms with Crippen LogP contribution in [0.15, 0.2) is 24.3 Å². The summed E-state index contributed by atoms with van der Waals surface area (Å²) in [6, 6.07) is 6.80. The standard InChI is InChI=1S/C25H33N3O7/c1-6-34-24(31)20-19(26)18(23(30)35-25(2,3)4)21(27-11-13-33-14-12-27)28(20)15-16-7-9-17(10-8-16)22(29)32-5/h7-10H,6,11-15,26H2,1-5H3. The number of methoxy groups -OCH3 is 1. The van der Waals surface area contributed by atoms with E-state index in [4.69, 9.17) is 24.7 Å². The van der Waals surface area contributed by atoms with Crippen LogP contribution in [-0.4, -0.2) is 68.1 Å². The molecule has 1 aliphatic heterocycles. The van der Waals surface area contributed by atoms with Crippen LogP contribution in [0.1, 0.15) is 64.5 Å². The van der Waals surface area contributed by atoms with E-state index < -0.39 is 23.5 Å². The first kappa shape index (κ1) is 26.1. The van der Waals surface area contributed by atoms with Crippen LogP contribution in [0.5, 0.6) is 0 Å². The van der Waals surface area contributed by atoms with Gasteiger partial charge in [0.05, 0.1) is 38.2 Å². The highest BCUT2D eigenvalue weighted by Crippen LogP contribution is 2.36. The Kier molecular flexibility index (Phi) is 8.06. The Labute approximate surface area is 204 Å². The first-order chi connectivity index (χ1) is 16.6. The molecule has 0 radical (unpaired) electrons. The molecule has 35 heavy (non-hydrogen) atoms. The van der Waals surface area contributed by atoms with E-state index in [1.54, 1.807) is 56.5 Å². The number of esters is 3. The quantitative estimate of drug-likeness (QED) is 0.464. The van der Waals surface area contributed by atoms with E-state index in [2.05, 4.69) is 0 Å². The van der Waals surface area contributed by atoms with Crippen molar-refractivity contribution < 1.29 is 33.3 Å². The van der Waals surface area contributed by atoms with E-state index in [0.717, 1.165) is 5.56 Å². The molecule has 0 bridgehead atoms. The van der Waals surface area contributed by atoms with Gasteiger partial charge in [-0.25, -0.2) is 14.4 Å². The Balaban J connectivity index is 2.18. The number of nitrogens with two attached hydrogens (primary N) is 1. The van der Waals surface area contributed by atoms with Gasteiger partial charge >= 0.3 is 17.9 Å². The number of nitrogen functional groups attached to an aromatic ring is 1. The van der Waals surface area contributed by atoms with Gasteiger partial charge in [0, 0.05) is 19.6 Å². The van der Waals surface area contributed by atoms with Crippen LogP contribution >= 0.6 is 0 Å². The maximum Gasteiger partial charge on any atom is 0.357 e. The van der Waals surface area contributed by atoms with Crippen molar-refractivity contribution in [2.75, 3.05) is 50.7 Å². The molecule has 1 fully saturated rings. The molecule has 0 atom stereocenters. The van der Waals surface area contributed by atoms with Crippen molar-refractivity contribution in [2.24, 2.45) is 0 Å². The van der Waals surface area contributed by atoms with Crippen molar-refractivity contribution in [3.05, 3.63) is 46.6 Å². The smallest absolute Gasteiger partial charge is 0.357 e. The lowest BCUT2D eigenvalue weighted by Gasteiger charge is -2.31. The zero-order chi connectivity index (χ0) is 25.8. The van der Waals surface area contributed by atoms with E-state index in [-0.39, 0.29) is 30.1 Å². The van der Waals surface area contributed by atoms with E-state index in [1.165, 1.54) is 7.11 Å². The summed E-state index contributed by atoms with van der Waals surface area (Å²) in [5, 5.41) is 0. The maximum absolute atomic E-state index is 13.3. The topological polar surface area (TPSA) is 122 Å². The molecule has 1 aromatic carbocycles. The first-order valence-corrected chi connectivity index (χ1v) is 11.5. The van der Waals surface area contributed by atoms with Crippen LogP contribution in [-0.2, 0) is 25.5 Å². The highest BCUT2D eigenvalue weighted by molar-refractivity contribution is 6.08. The summed E-state index contributed by atoms with van der Waals surface area (Å²) in [4.78, 5) is 40.1. The van der Waals surface area contributed by atoms with Crippen molar-refractivity contribution in [2.45, 2.75) is 39.8 Å². The minimum atomic E-state index is -0.762. The minimum Gasteiger partial charge on any atom is -0.465 e. The number of morpholine rings is 1. The molecule has 0 unspecified atom stereocenters. The molecule has 10 nitrogen and oxygen atoms in total. The van der Waals surface area contributed by atoms with Crippen molar-refractivity contribution in [3.63, 3.8) is 0 Å². The lowest BCUT2D eigenvalue weighted by atomic mass is 10.1. The Morgan fingerprint density at radius 3 is 2.20 bits per heavy atom. The van der Waals surface area contributed by atoms with Gasteiger partial charge in [-0.05, 0) is 45.4 Å². The number of aromatic nitrogens is 1. The van der Waals surface area contributed by atoms with E-state index >= 15 is 0 Å². The molecule has 2 heterocycles. The number of rotatable bonds is 7. The van der Waals surface area contributed by atoms with Crippen LogP contribution < -0.4 is 10.6 Å². The number of carbonyl (C=O) groups is 3. The molecular weight excluding hydrogens is 454 g/mol. The summed E-state index contributed by atoms with van der Waals surface area (Å²) in [5.74, 6) is -1.24. The Hall–Kier alpha value is -3.53. The summed E-state index contributed by atoms with van der Waals surface area (Å²) in [5.41, 5.74) is 7.08. The molecule has 190 valence electrons. The summed E-state index contributed by atoms with van der Waals surface area (Å²) < 4.78 is 22.9. The molecule has 2 aromatic rings. The fourth-order valence-corrected chi connectivity index (χ4v) is 3.88. The molecule has 0 saturated carbocycles. The van der Waals surface area contributed by atoms with Crippen LogP contribution in [0.3, 0.4) is 0 Å². The van der Waals surface area contributed by atoms with Crippen LogP contribution in [0.4, 0.5) is 11.5 Å². The number of carbonyl (C=O) groups excluding carboxylic acids is 3. The third-order valence-corrected chi connectivity index (χ3v) is 5.37. The number of nitrogens with zero attached hydrogens (tertiary/aromatic N) is 2. The second-order valence-electron chi connectivity index (χ2n) is 9.06. The average molecular weight is 488 g/mol. The van der Waals surface area contributed by atoms with Gasteiger partial charge in [-0.1, -0.05) is 12.1 Å². The second-order valence-corrected chi connectivity index (χ2v) is 9.06. The maximum atomic E-state index is 13.3. The molecular formula is C25H33N3O7. The van der Waals surface area contributed by atoms with Gasteiger partial charge in [0.1, 0.15) is 17.0 Å². The van der Waals surface area contributed by atoms with E-state index in [9.17, 15) is 14.4 Å². The fraction of sp³-hybridized carbons (Fsp3) is 0.480. The number of hydrogen-bond donors (Lipinski definition) is 1. The second kappa shape index (κ2) is 10.8. The van der Waals surface area contributed by atoms with Gasteiger partial charge in [0.2, 0.25) is 0 Å². The van der Waals surface area contributed by atoms with Crippen LogP contribution in [0.25, 0.3) is 0 Å². The van der Waals surface area contributed by atoms with Crippen molar-refractivity contribution in [1.29, 1.82) is 0 Å². The Morgan fingerprint density at radius 1 is 1.03 bits per heavy atom. The molecule has 0 aliphatic carbocycles.